The zero-order chi connectivity index (χ0) is 12.1. The third-order valence-electron chi connectivity index (χ3n) is 2.34. The highest BCUT2D eigenvalue weighted by Crippen LogP contribution is 2.21. The van der Waals surface area contributed by atoms with Gasteiger partial charge in [-0.2, -0.15) is 0 Å². The first kappa shape index (κ1) is 12.2. The van der Waals surface area contributed by atoms with E-state index in [9.17, 15) is 14.7 Å². The number of ketones is 1. The van der Waals surface area contributed by atoms with E-state index in [4.69, 9.17) is 5.11 Å². The summed E-state index contributed by atoms with van der Waals surface area (Å²) in [5, 5.41) is 18.0. The molecule has 0 atom stereocenters. The summed E-state index contributed by atoms with van der Waals surface area (Å²) in [5.74, 6) is -1.43. The molecule has 0 unspecified atom stereocenters. The summed E-state index contributed by atoms with van der Waals surface area (Å²) in [6.45, 7) is 1.95. The Hall–Kier alpha value is -1.84. The lowest BCUT2D eigenvalue weighted by molar-refractivity contribution is -0.136. The summed E-state index contributed by atoms with van der Waals surface area (Å²) >= 11 is 0. The average Bonchev–Trinajstić information content (AvgIpc) is 2.25. The standard InChI is InChI=1S/C12H14O4/c1-2-8-3-4-9(11(14)7-8)10(13)5-6-12(15)16/h3-4,7,14H,2,5-6H2,1H3,(H,15,16). The van der Waals surface area contributed by atoms with Gasteiger partial charge in [0.15, 0.2) is 5.78 Å². The van der Waals surface area contributed by atoms with Crippen molar-refractivity contribution < 1.29 is 19.8 Å². The number of carboxylic acids is 1. The monoisotopic (exact) mass is 222 g/mol. The summed E-state index contributed by atoms with van der Waals surface area (Å²) < 4.78 is 0. The smallest absolute Gasteiger partial charge is 0.303 e. The number of carbonyl (C=O) groups excluding carboxylic acids is 1. The first-order chi connectivity index (χ1) is 7.54. The van der Waals surface area contributed by atoms with Gasteiger partial charge < -0.3 is 10.2 Å². The van der Waals surface area contributed by atoms with Crippen LogP contribution in [0.4, 0.5) is 0 Å². The lowest BCUT2D eigenvalue weighted by Gasteiger charge is -2.04. The lowest BCUT2D eigenvalue weighted by atomic mass is 10.0. The molecule has 86 valence electrons. The molecule has 16 heavy (non-hydrogen) atoms. The molecule has 0 heterocycles. The predicted octanol–water partition coefficient (Wildman–Crippen LogP) is 2.00. The maximum atomic E-state index is 11.5. The first-order valence-electron chi connectivity index (χ1n) is 5.11. The molecule has 0 aliphatic rings. The van der Waals surface area contributed by atoms with Crippen LogP contribution in [-0.2, 0) is 11.2 Å². The molecule has 4 heteroatoms. The third kappa shape index (κ3) is 3.08. The summed E-state index contributed by atoms with van der Waals surface area (Å²) in [5.41, 5.74) is 1.13. The second kappa shape index (κ2) is 5.30. The van der Waals surface area contributed by atoms with Gasteiger partial charge in [0.05, 0.1) is 12.0 Å². The number of hydrogen-bond acceptors (Lipinski definition) is 3. The van der Waals surface area contributed by atoms with Crippen molar-refractivity contribution in [3.8, 4) is 5.75 Å². The van der Waals surface area contributed by atoms with Gasteiger partial charge in [0.1, 0.15) is 5.75 Å². The van der Waals surface area contributed by atoms with Crippen molar-refractivity contribution in [2.75, 3.05) is 0 Å². The highest BCUT2D eigenvalue weighted by Gasteiger charge is 2.12. The van der Waals surface area contributed by atoms with Crippen LogP contribution in [0.3, 0.4) is 0 Å². The molecule has 0 saturated heterocycles. The van der Waals surface area contributed by atoms with E-state index in [2.05, 4.69) is 0 Å². The van der Waals surface area contributed by atoms with Crippen molar-refractivity contribution in [1.82, 2.24) is 0 Å². The van der Waals surface area contributed by atoms with Crippen molar-refractivity contribution in [3.63, 3.8) is 0 Å². The highest BCUT2D eigenvalue weighted by molar-refractivity contribution is 5.99. The Bertz CT molecular complexity index is 409. The molecule has 0 saturated carbocycles. The highest BCUT2D eigenvalue weighted by atomic mass is 16.4. The van der Waals surface area contributed by atoms with Crippen LogP contribution in [0.2, 0.25) is 0 Å². The molecule has 0 bridgehead atoms. The van der Waals surface area contributed by atoms with Crippen molar-refractivity contribution >= 4 is 11.8 Å². The Labute approximate surface area is 93.5 Å². The topological polar surface area (TPSA) is 74.6 Å². The Morgan fingerprint density at radius 3 is 2.44 bits per heavy atom. The quantitative estimate of drug-likeness (QED) is 0.747. The minimum absolute atomic E-state index is 0.0743. The van der Waals surface area contributed by atoms with Crippen molar-refractivity contribution in [3.05, 3.63) is 29.3 Å². The lowest BCUT2D eigenvalue weighted by Crippen LogP contribution is -2.04. The maximum absolute atomic E-state index is 11.5. The van der Waals surface area contributed by atoms with Crippen LogP contribution in [0.1, 0.15) is 35.7 Å². The second-order valence-electron chi connectivity index (χ2n) is 3.52. The van der Waals surface area contributed by atoms with Crippen LogP contribution in [0.15, 0.2) is 18.2 Å². The number of Topliss-reactive ketones (excluding diaryl/α,β-unsaturated/α-hetero) is 1. The van der Waals surface area contributed by atoms with E-state index in [1.807, 2.05) is 6.92 Å². The van der Waals surface area contributed by atoms with Crippen molar-refractivity contribution in [2.24, 2.45) is 0 Å². The van der Waals surface area contributed by atoms with Crippen molar-refractivity contribution in [2.45, 2.75) is 26.2 Å². The number of aromatic hydroxyl groups is 1. The van der Waals surface area contributed by atoms with E-state index in [0.717, 1.165) is 12.0 Å². The van der Waals surface area contributed by atoms with E-state index in [-0.39, 0.29) is 29.9 Å². The predicted molar refractivity (Wildman–Crippen MR) is 58.7 cm³/mol. The molecule has 1 aromatic rings. The zero-order valence-corrected chi connectivity index (χ0v) is 9.06. The van der Waals surface area contributed by atoms with Crippen molar-refractivity contribution in [1.29, 1.82) is 0 Å². The molecule has 2 N–H and O–H groups in total. The Kier molecular flexibility index (Phi) is 4.05. The van der Waals surface area contributed by atoms with E-state index in [0.29, 0.717) is 0 Å². The molecular formula is C12H14O4. The molecule has 1 aromatic carbocycles. The fourth-order valence-corrected chi connectivity index (χ4v) is 1.39. The minimum Gasteiger partial charge on any atom is -0.507 e. The fraction of sp³-hybridized carbons (Fsp3) is 0.333. The van der Waals surface area contributed by atoms with Gasteiger partial charge in [-0.1, -0.05) is 13.0 Å². The molecule has 0 aliphatic heterocycles. The maximum Gasteiger partial charge on any atom is 0.303 e. The number of hydrogen-bond donors (Lipinski definition) is 2. The van der Waals surface area contributed by atoms with Crippen LogP contribution in [-0.4, -0.2) is 22.0 Å². The Balaban J connectivity index is 2.79. The van der Waals surface area contributed by atoms with Crippen LogP contribution in [0, 0.1) is 0 Å². The molecular weight excluding hydrogens is 208 g/mol. The SMILES string of the molecule is CCc1ccc(C(=O)CCC(=O)O)c(O)c1. The first-order valence-corrected chi connectivity index (χ1v) is 5.11. The number of phenols is 1. The summed E-state index contributed by atoms with van der Waals surface area (Å²) in [6.07, 6.45) is 0.472. The van der Waals surface area contributed by atoms with E-state index in [1.54, 1.807) is 12.1 Å². The van der Waals surface area contributed by atoms with Gasteiger partial charge in [-0.25, -0.2) is 0 Å². The van der Waals surface area contributed by atoms with E-state index >= 15 is 0 Å². The number of carboxylic acid groups (broad SMARTS) is 1. The molecule has 0 radical (unpaired) electrons. The average molecular weight is 222 g/mol. The van der Waals surface area contributed by atoms with Gasteiger partial charge in [-0.3, -0.25) is 9.59 Å². The summed E-state index contributed by atoms with van der Waals surface area (Å²) in [4.78, 5) is 21.9. The van der Waals surface area contributed by atoms with Gasteiger partial charge >= 0.3 is 5.97 Å². The molecule has 1 rings (SSSR count). The Morgan fingerprint density at radius 2 is 1.94 bits per heavy atom. The van der Waals surface area contributed by atoms with Crippen LogP contribution >= 0.6 is 0 Å². The fourth-order valence-electron chi connectivity index (χ4n) is 1.39. The van der Waals surface area contributed by atoms with Crippen LogP contribution in [0.5, 0.6) is 5.75 Å². The van der Waals surface area contributed by atoms with Crippen LogP contribution < -0.4 is 0 Å². The minimum atomic E-state index is -1.02. The molecule has 0 aromatic heterocycles. The number of phenolic OH excluding ortho intramolecular Hbond substituents is 1. The summed E-state index contributed by atoms with van der Waals surface area (Å²) in [6, 6.07) is 4.83. The number of carbonyl (C=O) groups is 2. The number of rotatable bonds is 5. The van der Waals surface area contributed by atoms with E-state index in [1.165, 1.54) is 6.07 Å². The number of aryl methyl sites for hydroxylation is 1. The molecule has 0 fully saturated rings. The van der Waals surface area contributed by atoms with Crippen LogP contribution in [0.25, 0.3) is 0 Å². The van der Waals surface area contributed by atoms with E-state index < -0.39 is 5.97 Å². The summed E-state index contributed by atoms with van der Waals surface area (Å²) in [7, 11) is 0. The zero-order valence-electron chi connectivity index (χ0n) is 9.06. The third-order valence-corrected chi connectivity index (χ3v) is 2.34. The van der Waals surface area contributed by atoms with Gasteiger partial charge in [0.2, 0.25) is 0 Å². The number of benzene rings is 1. The second-order valence-corrected chi connectivity index (χ2v) is 3.52. The molecule has 0 amide bonds. The Morgan fingerprint density at radius 1 is 1.25 bits per heavy atom. The molecule has 4 nitrogen and oxygen atoms in total. The molecule has 0 aliphatic carbocycles. The van der Waals surface area contributed by atoms with Gasteiger partial charge in [0.25, 0.3) is 0 Å². The number of aliphatic carboxylic acids is 1. The van der Waals surface area contributed by atoms with Gasteiger partial charge in [0, 0.05) is 6.42 Å². The van der Waals surface area contributed by atoms with Gasteiger partial charge in [-0.05, 0) is 24.1 Å². The largest absolute Gasteiger partial charge is 0.507 e. The molecule has 0 spiro atoms. The van der Waals surface area contributed by atoms with Gasteiger partial charge in [-0.15, -0.1) is 0 Å². The normalized spacial score (nSPS) is 10.1.